The first kappa shape index (κ1) is 32.7. The number of nitrogens with zero attached hydrogens (tertiary/aromatic N) is 2. The van der Waals surface area contributed by atoms with Crippen LogP contribution in [0, 0.1) is 3.57 Å². The first-order valence-electron chi connectivity index (χ1n) is 14.1. The van der Waals surface area contributed by atoms with Crippen molar-refractivity contribution in [2.75, 3.05) is 6.61 Å². The number of hydrogen-bond donors (Lipinski definition) is 0. The van der Waals surface area contributed by atoms with Gasteiger partial charge in [0.25, 0.3) is 5.56 Å². The minimum atomic E-state index is -0.751. The van der Waals surface area contributed by atoms with Crippen LogP contribution in [-0.4, -0.2) is 17.1 Å². The average Bonchev–Trinajstić information content (AvgIpc) is 3.35. The van der Waals surface area contributed by atoms with Gasteiger partial charge in [-0.2, -0.15) is 0 Å². The molecule has 2 heterocycles. The van der Waals surface area contributed by atoms with Crippen LogP contribution in [0.1, 0.15) is 35.2 Å². The van der Waals surface area contributed by atoms with Crippen molar-refractivity contribution in [3.63, 3.8) is 0 Å². The second-order valence-electron chi connectivity index (χ2n) is 10.2. The number of carbonyl (C=O) groups is 1. The molecule has 0 bridgehead atoms. The first-order valence-corrected chi connectivity index (χ1v) is 17.6. The van der Waals surface area contributed by atoms with Crippen LogP contribution in [0.3, 0.4) is 0 Å². The topological polar surface area (TPSA) is 69.9 Å². The van der Waals surface area contributed by atoms with Gasteiger partial charge in [0.2, 0.25) is 0 Å². The zero-order valence-corrected chi connectivity index (χ0v) is 30.2. The molecule has 4 aromatic carbocycles. The summed E-state index contributed by atoms with van der Waals surface area (Å²) in [6.07, 6.45) is 1.80. The standard InChI is InChI=1S/C35H24BrCl2IN2O4S/c1-2-44-34(43)29-30(20-9-5-3-6-10-20)40-35-41(31(29)21-11-7-4-8-12-21)33(42)28(46-35)16-23-15-24(36)17-27(39)32(23)45-19-22-13-14-25(37)18-26(22)38/h3-18,31H,2,19H2,1H3/b28-16-/t31-/m0/s1. The Morgan fingerprint density at radius 1 is 1.04 bits per heavy atom. The number of ether oxygens (including phenoxy) is 2. The van der Waals surface area contributed by atoms with Gasteiger partial charge in [-0.05, 0) is 65.4 Å². The molecule has 1 atom stereocenters. The maximum atomic E-state index is 14.3. The summed E-state index contributed by atoms with van der Waals surface area (Å²) in [6, 6.07) is 27.3. The summed E-state index contributed by atoms with van der Waals surface area (Å²) in [7, 11) is 0. The maximum Gasteiger partial charge on any atom is 0.338 e. The Morgan fingerprint density at radius 3 is 2.46 bits per heavy atom. The lowest BCUT2D eigenvalue weighted by Crippen LogP contribution is -2.40. The minimum absolute atomic E-state index is 0.182. The summed E-state index contributed by atoms with van der Waals surface area (Å²) < 4.78 is 15.5. The van der Waals surface area contributed by atoms with Crippen molar-refractivity contribution in [1.82, 2.24) is 4.57 Å². The zero-order valence-electron chi connectivity index (χ0n) is 24.2. The Kier molecular flexibility index (Phi) is 10.1. The van der Waals surface area contributed by atoms with Gasteiger partial charge in [-0.25, -0.2) is 9.79 Å². The lowest BCUT2D eigenvalue weighted by atomic mass is 9.93. The molecule has 0 saturated heterocycles. The van der Waals surface area contributed by atoms with Crippen LogP contribution in [0.5, 0.6) is 5.75 Å². The SMILES string of the molecule is CCOC(=O)C1=C(c2ccccc2)N=c2s/c(=C\c3cc(Br)cc(I)c3OCc3ccc(Cl)cc3Cl)c(=O)n2[C@H]1c1ccccc1. The lowest BCUT2D eigenvalue weighted by molar-refractivity contribution is -0.138. The molecular weight excluding hydrogens is 822 g/mol. The molecule has 0 aliphatic carbocycles. The van der Waals surface area contributed by atoms with Crippen LogP contribution in [0.25, 0.3) is 11.8 Å². The summed E-state index contributed by atoms with van der Waals surface area (Å²) in [4.78, 5) is 33.4. The van der Waals surface area contributed by atoms with E-state index in [1.807, 2.05) is 78.9 Å². The number of esters is 1. The predicted molar refractivity (Wildman–Crippen MR) is 195 cm³/mol. The Hall–Kier alpha value is -3.22. The fraction of sp³-hybridized carbons (Fsp3) is 0.114. The Bertz CT molecular complexity index is 2170. The van der Waals surface area contributed by atoms with Crippen molar-refractivity contribution in [1.29, 1.82) is 0 Å². The smallest absolute Gasteiger partial charge is 0.338 e. The second-order valence-corrected chi connectivity index (χ2v) is 14.1. The van der Waals surface area contributed by atoms with Crippen molar-refractivity contribution < 1.29 is 14.3 Å². The van der Waals surface area contributed by atoms with Crippen LogP contribution in [0.2, 0.25) is 10.0 Å². The molecule has 0 unspecified atom stereocenters. The number of carbonyl (C=O) groups excluding carboxylic acids is 1. The molecule has 1 aliphatic rings. The molecule has 6 rings (SSSR count). The highest BCUT2D eigenvalue weighted by Crippen LogP contribution is 2.36. The molecule has 0 radical (unpaired) electrons. The minimum Gasteiger partial charge on any atom is -0.487 e. The van der Waals surface area contributed by atoms with Crippen LogP contribution >= 0.6 is 73.1 Å². The van der Waals surface area contributed by atoms with Gasteiger partial charge in [-0.15, -0.1) is 0 Å². The number of fused-ring (bicyclic) bond motifs is 1. The molecule has 1 aliphatic heterocycles. The molecule has 11 heteroatoms. The molecule has 0 spiro atoms. The molecule has 0 amide bonds. The van der Waals surface area contributed by atoms with Gasteiger partial charge >= 0.3 is 5.97 Å². The Morgan fingerprint density at radius 2 is 1.76 bits per heavy atom. The van der Waals surface area contributed by atoms with Crippen LogP contribution in [0.4, 0.5) is 0 Å². The quantitative estimate of drug-likeness (QED) is 0.117. The third-order valence-corrected chi connectivity index (χ3v) is 10.0. The van der Waals surface area contributed by atoms with E-state index in [9.17, 15) is 9.59 Å². The van der Waals surface area contributed by atoms with E-state index in [0.29, 0.717) is 42.0 Å². The zero-order chi connectivity index (χ0) is 32.4. The van der Waals surface area contributed by atoms with Crippen LogP contribution in [0.15, 0.2) is 111 Å². The monoisotopic (exact) mass is 844 g/mol. The highest BCUT2D eigenvalue weighted by Gasteiger charge is 2.35. The van der Waals surface area contributed by atoms with Gasteiger partial charge in [-0.1, -0.05) is 117 Å². The number of aromatic nitrogens is 1. The molecule has 0 N–H and O–H groups in total. The van der Waals surface area contributed by atoms with E-state index in [1.165, 1.54) is 11.3 Å². The summed E-state index contributed by atoms with van der Waals surface area (Å²) in [5.74, 6) is 0.0729. The average molecular weight is 846 g/mol. The summed E-state index contributed by atoms with van der Waals surface area (Å²) in [6.45, 7) is 2.14. The Balaban J connectivity index is 1.54. The normalized spacial score (nSPS) is 14.5. The molecular formula is C35H24BrCl2IN2O4S. The van der Waals surface area contributed by atoms with Crippen LogP contribution in [-0.2, 0) is 16.1 Å². The highest BCUT2D eigenvalue weighted by atomic mass is 127. The number of benzene rings is 4. The van der Waals surface area contributed by atoms with Gasteiger partial charge in [0.05, 0.1) is 32.0 Å². The van der Waals surface area contributed by atoms with E-state index in [4.69, 9.17) is 37.7 Å². The molecule has 6 nitrogen and oxygen atoms in total. The van der Waals surface area contributed by atoms with Crippen molar-refractivity contribution in [3.05, 3.63) is 157 Å². The van der Waals surface area contributed by atoms with Gasteiger partial charge in [0.15, 0.2) is 4.80 Å². The second kappa shape index (κ2) is 14.3. The van der Waals surface area contributed by atoms with E-state index in [1.54, 1.807) is 29.7 Å². The fourth-order valence-electron chi connectivity index (χ4n) is 5.16. The third-order valence-electron chi connectivity index (χ3n) is 7.20. The summed E-state index contributed by atoms with van der Waals surface area (Å²) in [5, 5.41) is 1.04. The fourth-order valence-corrected chi connectivity index (χ4v) is 8.32. The van der Waals surface area contributed by atoms with E-state index in [2.05, 4.69) is 38.5 Å². The number of halogens is 4. The first-order chi connectivity index (χ1) is 22.2. The van der Waals surface area contributed by atoms with Crippen molar-refractivity contribution in [3.8, 4) is 5.75 Å². The summed E-state index contributed by atoms with van der Waals surface area (Å²) >= 11 is 19.5. The van der Waals surface area contributed by atoms with Gasteiger partial charge < -0.3 is 9.47 Å². The maximum absolute atomic E-state index is 14.3. The van der Waals surface area contributed by atoms with Crippen molar-refractivity contribution in [2.45, 2.75) is 19.6 Å². The van der Waals surface area contributed by atoms with E-state index < -0.39 is 12.0 Å². The molecule has 232 valence electrons. The molecule has 0 saturated carbocycles. The van der Waals surface area contributed by atoms with Crippen LogP contribution < -0.4 is 19.6 Å². The highest BCUT2D eigenvalue weighted by molar-refractivity contribution is 14.1. The third kappa shape index (κ3) is 6.75. The lowest BCUT2D eigenvalue weighted by Gasteiger charge is -2.25. The molecule has 0 fully saturated rings. The molecule has 1 aromatic heterocycles. The van der Waals surface area contributed by atoms with Crippen molar-refractivity contribution in [2.24, 2.45) is 4.99 Å². The number of thiazole rings is 1. The predicted octanol–water partition coefficient (Wildman–Crippen LogP) is 8.19. The number of hydrogen-bond acceptors (Lipinski definition) is 6. The molecule has 46 heavy (non-hydrogen) atoms. The molecule has 5 aromatic rings. The van der Waals surface area contributed by atoms with Gasteiger partial charge in [0.1, 0.15) is 12.4 Å². The Labute approximate surface area is 300 Å². The van der Waals surface area contributed by atoms with Gasteiger partial charge in [-0.3, -0.25) is 9.36 Å². The van der Waals surface area contributed by atoms with E-state index in [-0.39, 0.29) is 18.8 Å². The summed E-state index contributed by atoms with van der Waals surface area (Å²) in [5.41, 5.74) is 3.48. The van der Waals surface area contributed by atoms with E-state index in [0.717, 1.165) is 24.7 Å². The van der Waals surface area contributed by atoms with Crippen molar-refractivity contribution >= 4 is 90.8 Å². The largest absolute Gasteiger partial charge is 0.487 e. The van der Waals surface area contributed by atoms with Gasteiger partial charge in [0, 0.05) is 31.2 Å². The van der Waals surface area contributed by atoms with E-state index >= 15 is 0 Å². The number of rotatable bonds is 8.